The topological polar surface area (TPSA) is 41.1 Å². The van der Waals surface area contributed by atoms with Crippen LogP contribution in [0.15, 0.2) is 48.5 Å². The predicted octanol–water partition coefficient (Wildman–Crippen LogP) is 4.15. The maximum absolute atomic E-state index is 11.8. The number of nitrogens with one attached hydrogen (secondary N) is 2. The van der Waals surface area contributed by atoms with E-state index in [-0.39, 0.29) is 12.5 Å². The second kappa shape index (κ2) is 8.79. The lowest BCUT2D eigenvalue weighted by Gasteiger charge is -2.09. The van der Waals surface area contributed by atoms with Crippen LogP contribution < -0.4 is 10.6 Å². The van der Waals surface area contributed by atoms with Gasteiger partial charge in [-0.25, -0.2) is 0 Å². The van der Waals surface area contributed by atoms with E-state index >= 15 is 0 Å². The van der Waals surface area contributed by atoms with Crippen LogP contribution in [0, 0.1) is 0 Å². The molecule has 5 heteroatoms. The molecule has 0 spiro atoms. The summed E-state index contributed by atoms with van der Waals surface area (Å²) in [5.74, 6) is -0.135. The Labute approximate surface area is 140 Å². The lowest BCUT2D eigenvalue weighted by Crippen LogP contribution is -2.29. The van der Waals surface area contributed by atoms with Gasteiger partial charge in [-0.1, -0.05) is 59.6 Å². The zero-order valence-electron chi connectivity index (χ0n) is 12.1. The van der Waals surface area contributed by atoms with Crippen LogP contribution in [-0.4, -0.2) is 19.0 Å². The molecular weight excluding hydrogens is 319 g/mol. The molecule has 3 nitrogen and oxygen atoms in total. The van der Waals surface area contributed by atoms with Crippen molar-refractivity contribution in [1.82, 2.24) is 5.32 Å². The van der Waals surface area contributed by atoms with Crippen molar-refractivity contribution in [3.05, 3.63) is 64.1 Å². The highest BCUT2D eigenvalue weighted by Gasteiger charge is 2.07. The number of benzene rings is 2. The summed E-state index contributed by atoms with van der Waals surface area (Å²) in [5.41, 5.74) is 1.84. The summed E-state index contributed by atoms with van der Waals surface area (Å²) >= 11 is 11.9. The Morgan fingerprint density at radius 3 is 2.55 bits per heavy atom. The molecular formula is C17H18Cl2N2O. The van der Waals surface area contributed by atoms with Crippen LogP contribution in [0.4, 0.5) is 5.69 Å². The first-order chi connectivity index (χ1) is 10.7. The number of anilines is 1. The number of aryl methyl sites for hydroxylation is 1. The minimum absolute atomic E-state index is 0.135. The van der Waals surface area contributed by atoms with Crippen LogP contribution in [0.5, 0.6) is 0 Å². The van der Waals surface area contributed by atoms with Gasteiger partial charge >= 0.3 is 0 Å². The molecule has 2 rings (SSSR count). The third kappa shape index (κ3) is 5.34. The van der Waals surface area contributed by atoms with Crippen LogP contribution in [-0.2, 0) is 11.2 Å². The summed E-state index contributed by atoms with van der Waals surface area (Å²) < 4.78 is 0. The molecule has 0 aliphatic heterocycles. The van der Waals surface area contributed by atoms with Crippen LogP contribution in [0.1, 0.15) is 12.0 Å². The van der Waals surface area contributed by atoms with Crippen molar-refractivity contribution >= 4 is 34.8 Å². The summed E-state index contributed by atoms with van der Waals surface area (Å²) in [6.07, 6.45) is 1.98. The molecule has 1 amide bonds. The van der Waals surface area contributed by atoms with Crippen LogP contribution in [0.2, 0.25) is 10.0 Å². The summed E-state index contributed by atoms with van der Waals surface area (Å²) in [6.45, 7) is 1.03. The first-order valence-electron chi connectivity index (χ1n) is 7.15. The van der Waals surface area contributed by atoms with Gasteiger partial charge in [0.25, 0.3) is 0 Å². The van der Waals surface area contributed by atoms with Crippen molar-refractivity contribution in [2.45, 2.75) is 12.8 Å². The second-order valence-corrected chi connectivity index (χ2v) is 5.70. The van der Waals surface area contributed by atoms with Crippen molar-refractivity contribution < 1.29 is 4.79 Å². The Morgan fingerprint density at radius 2 is 1.77 bits per heavy atom. The molecule has 0 aliphatic rings. The van der Waals surface area contributed by atoms with E-state index in [4.69, 9.17) is 23.2 Å². The molecule has 0 unspecified atom stereocenters. The highest BCUT2D eigenvalue weighted by atomic mass is 35.5. The van der Waals surface area contributed by atoms with Gasteiger partial charge in [0, 0.05) is 0 Å². The average molecular weight is 337 g/mol. The van der Waals surface area contributed by atoms with Gasteiger partial charge in [-0.2, -0.15) is 0 Å². The summed E-state index contributed by atoms with van der Waals surface area (Å²) in [7, 11) is 0. The zero-order chi connectivity index (χ0) is 15.8. The van der Waals surface area contributed by atoms with Crippen molar-refractivity contribution in [3.63, 3.8) is 0 Å². The molecule has 22 heavy (non-hydrogen) atoms. The summed E-state index contributed by atoms with van der Waals surface area (Å²) in [5, 5.41) is 6.65. The van der Waals surface area contributed by atoms with E-state index in [0.29, 0.717) is 15.7 Å². The molecule has 0 aliphatic carbocycles. The molecule has 0 saturated heterocycles. The lowest BCUT2D eigenvalue weighted by atomic mass is 10.1. The van der Waals surface area contributed by atoms with Gasteiger partial charge in [0.2, 0.25) is 5.91 Å². The highest BCUT2D eigenvalue weighted by Crippen LogP contribution is 2.29. The second-order valence-electron chi connectivity index (χ2n) is 4.92. The monoisotopic (exact) mass is 336 g/mol. The Hall–Kier alpha value is -1.55. The molecule has 2 aromatic carbocycles. The van der Waals surface area contributed by atoms with Crippen molar-refractivity contribution in [3.8, 4) is 0 Å². The molecule has 0 atom stereocenters. The van der Waals surface area contributed by atoms with Crippen LogP contribution in [0.3, 0.4) is 0 Å². The maximum atomic E-state index is 11.8. The van der Waals surface area contributed by atoms with E-state index in [9.17, 15) is 4.79 Å². The Morgan fingerprint density at radius 1 is 1.00 bits per heavy atom. The molecule has 0 heterocycles. The summed E-state index contributed by atoms with van der Waals surface area (Å²) in [4.78, 5) is 11.8. The fraction of sp³-hybridized carbons (Fsp3) is 0.235. The Balaban J connectivity index is 1.67. The first-order valence-corrected chi connectivity index (χ1v) is 7.91. The third-order valence-corrected chi connectivity index (χ3v) is 3.99. The molecule has 2 N–H and O–H groups in total. The largest absolute Gasteiger partial charge is 0.324 e. The normalized spacial score (nSPS) is 10.5. The maximum Gasteiger partial charge on any atom is 0.238 e. The number of hydrogen-bond acceptors (Lipinski definition) is 2. The van der Waals surface area contributed by atoms with E-state index in [0.717, 1.165) is 19.4 Å². The average Bonchev–Trinajstić information content (AvgIpc) is 2.52. The highest BCUT2D eigenvalue weighted by molar-refractivity contribution is 6.43. The minimum atomic E-state index is -0.135. The van der Waals surface area contributed by atoms with Crippen molar-refractivity contribution in [1.29, 1.82) is 0 Å². The standard InChI is InChI=1S/C17H18Cl2N2O/c18-14-9-4-10-15(17(14)19)21-16(22)12-20-11-5-8-13-6-2-1-3-7-13/h1-4,6-7,9-10,20H,5,8,11-12H2,(H,21,22). The van der Waals surface area contributed by atoms with Gasteiger partial charge in [-0.15, -0.1) is 0 Å². The number of halogens is 2. The molecule has 0 aromatic heterocycles. The molecule has 2 aromatic rings. The first kappa shape index (κ1) is 16.8. The van der Waals surface area contributed by atoms with Gasteiger partial charge in [0.1, 0.15) is 0 Å². The SMILES string of the molecule is O=C(CNCCCc1ccccc1)Nc1cccc(Cl)c1Cl. The van der Waals surface area contributed by atoms with E-state index < -0.39 is 0 Å². The number of carbonyl (C=O) groups excluding carboxylic acids is 1. The van der Waals surface area contributed by atoms with E-state index in [1.807, 2.05) is 18.2 Å². The lowest BCUT2D eigenvalue weighted by molar-refractivity contribution is -0.115. The van der Waals surface area contributed by atoms with Crippen LogP contribution >= 0.6 is 23.2 Å². The molecule has 0 fully saturated rings. The Bertz CT molecular complexity index is 617. The predicted molar refractivity (Wildman–Crippen MR) is 92.7 cm³/mol. The van der Waals surface area contributed by atoms with Gasteiger partial charge in [0.15, 0.2) is 0 Å². The van der Waals surface area contributed by atoms with Crippen molar-refractivity contribution in [2.24, 2.45) is 0 Å². The number of amides is 1. The summed E-state index contributed by atoms with van der Waals surface area (Å²) in [6, 6.07) is 15.4. The third-order valence-electron chi connectivity index (χ3n) is 3.17. The van der Waals surface area contributed by atoms with Crippen molar-refractivity contribution in [2.75, 3.05) is 18.4 Å². The molecule has 0 bridgehead atoms. The fourth-order valence-electron chi connectivity index (χ4n) is 2.06. The zero-order valence-corrected chi connectivity index (χ0v) is 13.6. The number of carbonyl (C=O) groups is 1. The van der Waals surface area contributed by atoms with Gasteiger partial charge in [-0.05, 0) is 37.1 Å². The van der Waals surface area contributed by atoms with Gasteiger partial charge < -0.3 is 10.6 Å². The van der Waals surface area contributed by atoms with E-state index in [1.165, 1.54) is 5.56 Å². The Kier molecular flexibility index (Phi) is 6.72. The smallest absolute Gasteiger partial charge is 0.238 e. The van der Waals surface area contributed by atoms with Crippen LogP contribution in [0.25, 0.3) is 0 Å². The number of hydrogen-bond donors (Lipinski definition) is 2. The fourth-order valence-corrected chi connectivity index (χ4v) is 2.41. The van der Waals surface area contributed by atoms with E-state index in [1.54, 1.807) is 18.2 Å². The van der Waals surface area contributed by atoms with Gasteiger partial charge in [0.05, 0.1) is 22.3 Å². The number of rotatable bonds is 7. The van der Waals surface area contributed by atoms with E-state index in [2.05, 4.69) is 22.8 Å². The minimum Gasteiger partial charge on any atom is -0.324 e. The quantitative estimate of drug-likeness (QED) is 0.745. The molecule has 0 radical (unpaired) electrons. The van der Waals surface area contributed by atoms with Gasteiger partial charge in [-0.3, -0.25) is 4.79 Å². The molecule has 116 valence electrons. The molecule has 0 saturated carbocycles.